The number of halogens is 7. The molecule has 2 rings (SSSR count). The topological polar surface area (TPSA) is 63.3 Å². The molecular weight excluding hydrogens is 426 g/mol. The van der Waals surface area contributed by atoms with Crippen molar-refractivity contribution in [1.29, 1.82) is 0 Å². The minimum absolute atomic E-state index is 0.177. The summed E-state index contributed by atoms with van der Waals surface area (Å²) in [6, 6.07) is 0.736. The van der Waals surface area contributed by atoms with Crippen LogP contribution in [0, 0.1) is 0 Å². The van der Waals surface area contributed by atoms with Gasteiger partial charge in [0.1, 0.15) is 5.82 Å². The standard InChI is InChI=1S/C12H7BrF6N4S/c13-8-2-6(11(14,15)16)5(1-7(8)12(17,18)19)3-21-23-10-22-9(20)4-24-10/h1-4H,20H2,(H,22,23). The number of nitrogens with one attached hydrogen (secondary N) is 1. The van der Waals surface area contributed by atoms with Crippen molar-refractivity contribution >= 4 is 44.4 Å². The van der Waals surface area contributed by atoms with Gasteiger partial charge in [-0.05, 0) is 12.1 Å². The summed E-state index contributed by atoms with van der Waals surface area (Å²) in [5.41, 5.74) is 4.42. The molecule has 0 unspecified atom stereocenters. The molecule has 0 spiro atoms. The molecule has 24 heavy (non-hydrogen) atoms. The third-order valence-electron chi connectivity index (χ3n) is 2.64. The van der Waals surface area contributed by atoms with E-state index in [1.165, 1.54) is 5.38 Å². The van der Waals surface area contributed by atoms with E-state index in [4.69, 9.17) is 5.73 Å². The molecular formula is C12H7BrF6N4S. The second-order valence-corrected chi connectivity index (χ2v) is 6.07. The predicted molar refractivity (Wildman–Crippen MR) is 81.9 cm³/mol. The summed E-state index contributed by atoms with van der Waals surface area (Å²) in [7, 11) is 0. The van der Waals surface area contributed by atoms with Crippen molar-refractivity contribution in [2.75, 3.05) is 11.2 Å². The summed E-state index contributed by atoms with van der Waals surface area (Å²) in [4.78, 5) is 3.75. The van der Waals surface area contributed by atoms with Crippen molar-refractivity contribution in [3.05, 3.63) is 38.7 Å². The predicted octanol–water partition coefficient (Wildman–Crippen LogP) is 4.97. The Kier molecular flexibility index (Phi) is 5.08. The fourth-order valence-electron chi connectivity index (χ4n) is 1.65. The maximum atomic E-state index is 13.0. The van der Waals surface area contributed by atoms with Gasteiger partial charge >= 0.3 is 12.4 Å². The van der Waals surface area contributed by atoms with E-state index in [2.05, 4.69) is 31.4 Å². The number of anilines is 2. The molecule has 0 saturated carbocycles. The fraction of sp³-hybridized carbons (Fsp3) is 0.167. The van der Waals surface area contributed by atoms with Gasteiger partial charge < -0.3 is 5.73 Å². The number of benzene rings is 1. The zero-order chi connectivity index (χ0) is 18.1. The van der Waals surface area contributed by atoms with E-state index in [9.17, 15) is 26.3 Å². The van der Waals surface area contributed by atoms with Crippen LogP contribution in [-0.4, -0.2) is 11.2 Å². The van der Waals surface area contributed by atoms with Crippen LogP contribution in [0.1, 0.15) is 16.7 Å². The summed E-state index contributed by atoms with van der Waals surface area (Å²) in [6.45, 7) is 0. The lowest BCUT2D eigenvalue weighted by Gasteiger charge is -2.15. The number of rotatable bonds is 3. The molecule has 12 heteroatoms. The van der Waals surface area contributed by atoms with Gasteiger partial charge in [0.25, 0.3) is 0 Å². The van der Waals surface area contributed by atoms with E-state index < -0.39 is 33.5 Å². The maximum absolute atomic E-state index is 13.0. The molecule has 0 amide bonds. The van der Waals surface area contributed by atoms with Crippen LogP contribution in [0.15, 0.2) is 27.1 Å². The molecule has 0 aliphatic carbocycles. The molecule has 0 bridgehead atoms. The van der Waals surface area contributed by atoms with Crippen molar-refractivity contribution in [2.24, 2.45) is 5.10 Å². The molecule has 130 valence electrons. The Balaban J connectivity index is 2.41. The van der Waals surface area contributed by atoms with Crippen molar-refractivity contribution in [3.8, 4) is 0 Å². The summed E-state index contributed by atoms with van der Waals surface area (Å²) < 4.78 is 76.8. The lowest BCUT2D eigenvalue weighted by molar-refractivity contribution is -0.141. The zero-order valence-corrected chi connectivity index (χ0v) is 13.7. The highest BCUT2D eigenvalue weighted by molar-refractivity contribution is 9.10. The second-order valence-electron chi connectivity index (χ2n) is 4.36. The number of nitrogens with zero attached hydrogens (tertiary/aromatic N) is 2. The Morgan fingerprint density at radius 3 is 2.25 bits per heavy atom. The van der Waals surface area contributed by atoms with Crippen LogP contribution in [0.3, 0.4) is 0 Å². The first-order valence-electron chi connectivity index (χ1n) is 5.96. The number of nitrogens with two attached hydrogens (primary N) is 1. The van der Waals surface area contributed by atoms with Crippen LogP contribution in [0.25, 0.3) is 0 Å². The Morgan fingerprint density at radius 2 is 1.75 bits per heavy atom. The normalized spacial score (nSPS) is 12.8. The molecule has 0 saturated heterocycles. The number of nitrogen functional groups attached to an aromatic ring is 1. The van der Waals surface area contributed by atoms with E-state index >= 15 is 0 Å². The smallest absolute Gasteiger partial charge is 0.383 e. The van der Waals surface area contributed by atoms with Gasteiger partial charge in [-0.25, -0.2) is 4.98 Å². The highest BCUT2D eigenvalue weighted by Gasteiger charge is 2.38. The Hall–Kier alpha value is -1.82. The Labute approximate surface area is 143 Å². The monoisotopic (exact) mass is 432 g/mol. The van der Waals surface area contributed by atoms with Crippen LogP contribution in [0.2, 0.25) is 0 Å². The molecule has 0 fully saturated rings. The lowest BCUT2D eigenvalue weighted by Crippen LogP contribution is -2.14. The molecule has 1 aromatic carbocycles. The van der Waals surface area contributed by atoms with Gasteiger partial charge in [-0.1, -0.05) is 15.9 Å². The van der Waals surface area contributed by atoms with Gasteiger partial charge in [0.05, 0.1) is 17.3 Å². The largest absolute Gasteiger partial charge is 0.417 e. The molecule has 0 aliphatic rings. The maximum Gasteiger partial charge on any atom is 0.417 e. The SMILES string of the molecule is Nc1csc(NN=Cc2cc(C(F)(F)F)c(Br)cc2C(F)(F)F)n1. The molecule has 2 aromatic rings. The average Bonchev–Trinajstić information content (AvgIpc) is 2.83. The van der Waals surface area contributed by atoms with E-state index in [1.54, 1.807) is 0 Å². The van der Waals surface area contributed by atoms with Gasteiger partial charge in [-0.3, -0.25) is 5.43 Å². The van der Waals surface area contributed by atoms with Crippen molar-refractivity contribution in [3.63, 3.8) is 0 Å². The Bertz CT molecular complexity index is 768. The van der Waals surface area contributed by atoms with Crippen LogP contribution in [-0.2, 0) is 12.4 Å². The molecule has 1 aromatic heterocycles. The third kappa shape index (κ3) is 4.38. The summed E-state index contributed by atoms with van der Waals surface area (Å²) in [6.07, 6.45) is -9.02. The van der Waals surface area contributed by atoms with Crippen molar-refractivity contribution in [1.82, 2.24) is 4.98 Å². The van der Waals surface area contributed by atoms with Crippen LogP contribution >= 0.6 is 27.3 Å². The van der Waals surface area contributed by atoms with Crippen LogP contribution in [0.4, 0.5) is 37.3 Å². The van der Waals surface area contributed by atoms with Gasteiger partial charge in [-0.15, -0.1) is 11.3 Å². The molecule has 4 nitrogen and oxygen atoms in total. The van der Waals surface area contributed by atoms with E-state index in [0.29, 0.717) is 18.3 Å². The highest BCUT2D eigenvalue weighted by Crippen LogP contribution is 2.40. The van der Waals surface area contributed by atoms with Crippen molar-refractivity contribution in [2.45, 2.75) is 12.4 Å². The summed E-state index contributed by atoms with van der Waals surface area (Å²) >= 11 is 3.55. The van der Waals surface area contributed by atoms with E-state index in [-0.39, 0.29) is 10.9 Å². The van der Waals surface area contributed by atoms with E-state index in [0.717, 1.165) is 11.3 Å². The number of thiazole rings is 1. The average molecular weight is 433 g/mol. The van der Waals surface area contributed by atoms with Crippen LogP contribution in [0.5, 0.6) is 0 Å². The van der Waals surface area contributed by atoms with Gasteiger partial charge in [0, 0.05) is 15.4 Å². The fourth-order valence-corrected chi connectivity index (χ4v) is 2.77. The van der Waals surface area contributed by atoms with Gasteiger partial charge in [0.15, 0.2) is 0 Å². The number of hydrogen-bond acceptors (Lipinski definition) is 5. The van der Waals surface area contributed by atoms with E-state index in [1.807, 2.05) is 0 Å². The first kappa shape index (κ1) is 18.5. The number of alkyl halides is 6. The number of aromatic nitrogens is 1. The quantitative estimate of drug-likeness (QED) is 0.408. The van der Waals surface area contributed by atoms with Gasteiger partial charge in [0.2, 0.25) is 5.13 Å². The second kappa shape index (κ2) is 6.59. The molecule has 3 N–H and O–H groups in total. The molecule has 0 aliphatic heterocycles. The highest BCUT2D eigenvalue weighted by atomic mass is 79.9. The number of hydrogen-bond donors (Lipinski definition) is 2. The lowest BCUT2D eigenvalue weighted by atomic mass is 10.0. The minimum Gasteiger partial charge on any atom is -0.383 e. The first-order valence-corrected chi connectivity index (χ1v) is 7.64. The number of hydrazone groups is 1. The summed E-state index contributed by atoms with van der Waals surface area (Å²) in [5, 5.41) is 5.13. The first-order chi connectivity index (χ1) is 11.0. The summed E-state index contributed by atoms with van der Waals surface area (Å²) in [5.74, 6) is 0.177. The molecule has 0 atom stereocenters. The molecule has 0 radical (unpaired) electrons. The van der Waals surface area contributed by atoms with Crippen LogP contribution < -0.4 is 11.2 Å². The zero-order valence-electron chi connectivity index (χ0n) is 11.3. The van der Waals surface area contributed by atoms with Gasteiger partial charge in [-0.2, -0.15) is 31.4 Å². The van der Waals surface area contributed by atoms with Crippen molar-refractivity contribution < 1.29 is 26.3 Å². The minimum atomic E-state index is -4.85. The Morgan fingerprint density at radius 1 is 1.12 bits per heavy atom. The third-order valence-corrected chi connectivity index (χ3v) is 4.06. The molecule has 1 heterocycles.